The number of hydrogen-bond acceptors (Lipinski definition) is 3. The van der Waals surface area contributed by atoms with Crippen LogP contribution in [0.1, 0.15) is 11.1 Å². The van der Waals surface area contributed by atoms with Crippen molar-refractivity contribution in [3.05, 3.63) is 71.8 Å². The highest BCUT2D eigenvalue weighted by atomic mass is 19.4. The van der Waals surface area contributed by atoms with E-state index < -0.39 is 30.3 Å². The number of rotatable bonds is 8. The Morgan fingerprint density at radius 1 is 1.00 bits per heavy atom. The summed E-state index contributed by atoms with van der Waals surface area (Å²) >= 11 is 0. The van der Waals surface area contributed by atoms with Crippen molar-refractivity contribution in [2.45, 2.75) is 25.1 Å². The van der Waals surface area contributed by atoms with E-state index in [0.29, 0.717) is 5.56 Å². The third-order valence-electron chi connectivity index (χ3n) is 3.60. The normalized spacial score (nSPS) is 13.1. The monoisotopic (exact) mass is 433 g/mol. The van der Waals surface area contributed by atoms with Crippen LogP contribution in [0.25, 0.3) is 6.08 Å². The molecule has 0 spiro atoms. The lowest BCUT2D eigenvalue weighted by molar-refractivity contribution is -0.304. The summed E-state index contributed by atoms with van der Waals surface area (Å²) in [5.74, 6) is -0.633. The molecule has 0 aliphatic carbocycles. The Bertz CT molecular complexity index is 838. The molecule has 0 aromatic heterocycles. The molecule has 2 rings (SSSR count). The first-order valence-electron chi connectivity index (χ1n) is 8.57. The van der Waals surface area contributed by atoms with Crippen LogP contribution in [-0.4, -0.2) is 31.1 Å². The van der Waals surface area contributed by atoms with Gasteiger partial charge in [-0.1, -0.05) is 54.6 Å². The first-order valence-corrected chi connectivity index (χ1v) is 8.57. The van der Waals surface area contributed by atoms with Gasteiger partial charge in [-0.05, 0) is 23.3 Å². The van der Waals surface area contributed by atoms with Crippen LogP contribution in [0.4, 0.5) is 31.1 Å². The molecular formula is C20H17F6NO3. The van der Waals surface area contributed by atoms with Gasteiger partial charge < -0.3 is 14.8 Å². The zero-order valence-corrected chi connectivity index (χ0v) is 15.3. The zero-order valence-electron chi connectivity index (χ0n) is 15.3. The van der Waals surface area contributed by atoms with Crippen molar-refractivity contribution in [3.8, 4) is 5.75 Å². The van der Waals surface area contributed by atoms with Crippen LogP contribution in [0.15, 0.2) is 60.7 Å². The summed E-state index contributed by atoms with van der Waals surface area (Å²) in [6.07, 6.45) is -12.8. The van der Waals surface area contributed by atoms with Crippen LogP contribution in [0.5, 0.6) is 5.75 Å². The minimum Gasteiger partial charge on any atom is -0.445 e. The Morgan fingerprint density at radius 2 is 1.63 bits per heavy atom. The Kier molecular flexibility index (Phi) is 7.73. The number of alkyl carbamates (subject to hydrolysis) is 1. The Labute approximate surface area is 168 Å². The van der Waals surface area contributed by atoms with Gasteiger partial charge in [0.25, 0.3) is 6.17 Å². The van der Waals surface area contributed by atoms with Gasteiger partial charge in [0.15, 0.2) is 0 Å². The SMILES string of the molecule is O=C(NCC=Cc1ccc(OC(F)(F)[C@H](F)C(F)(F)F)cc1)OCc1ccccc1. The highest BCUT2D eigenvalue weighted by Crippen LogP contribution is 2.36. The van der Waals surface area contributed by atoms with E-state index in [1.165, 1.54) is 24.3 Å². The predicted octanol–water partition coefficient (Wildman–Crippen LogP) is 5.50. The molecule has 0 bridgehead atoms. The van der Waals surface area contributed by atoms with E-state index in [-0.39, 0.29) is 13.2 Å². The van der Waals surface area contributed by atoms with Gasteiger partial charge in [-0.2, -0.15) is 22.0 Å². The van der Waals surface area contributed by atoms with Crippen LogP contribution in [0.2, 0.25) is 0 Å². The van der Waals surface area contributed by atoms with Gasteiger partial charge in [-0.25, -0.2) is 9.18 Å². The van der Waals surface area contributed by atoms with Crippen molar-refractivity contribution in [1.82, 2.24) is 5.32 Å². The predicted molar refractivity (Wildman–Crippen MR) is 96.6 cm³/mol. The fraction of sp³-hybridized carbons (Fsp3) is 0.250. The number of carbonyl (C=O) groups is 1. The van der Waals surface area contributed by atoms with E-state index in [4.69, 9.17) is 4.74 Å². The van der Waals surface area contributed by atoms with Crippen LogP contribution >= 0.6 is 0 Å². The molecule has 0 saturated heterocycles. The Balaban J connectivity index is 1.78. The average Bonchev–Trinajstić information content (AvgIpc) is 2.70. The van der Waals surface area contributed by atoms with Crippen molar-refractivity contribution in [2.24, 2.45) is 0 Å². The van der Waals surface area contributed by atoms with Gasteiger partial charge in [0.2, 0.25) is 0 Å². The molecule has 2 aromatic rings. The summed E-state index contributed by atoms with van der Waals surface area (Å²) in [4.78, 5) is 11.6. The van der Waals surface area contributed by atoms with Gasteiger partial charge in [-0.15, -0.1) is 0 Å². The summed E-state index contributed by atoms with van der Waals surface area (Å²) < 4.78 is 84.4. The molecule has 0 aliphatic heterocycles. The molecule has 1 amide bonds. The number of hydrogen-bond donors (Lipinski definition) is 1. The fourth-order valence-corrected chi connectivity index (χ4v) is 2.16. The van der Waals surface area contributed by atoms with E-state index >= 15 is 0 Å². The Morgan fingerprint density at radius 3 is 2.23 bits per heavy atom. The molecule has 162 valence electrons. The van der Waals surface area contributed by atoms with Crippen molar-refractivity contribution in [1.29, 1.82) is 0 Å². The minimum absolute atomic E-state index is 0.108. The largest absolute Gasteiger partial charge is 0.445 e. The summed E-state index contributed by atoms with van der Waals surface area (Å²) in [7, 11) is 0. The Hall–Kier alpha value is -3.17. The van der Waals surface area contributed by atoms with Crippen molar-refractivity contribution in [2.75, 3.05) is 6.54 Å². The van der Waals surface area contributed by atoms with E-state index in [1.54, 1.807) is 12.1 Å². The molecule has 30 heavy (non-hydrogen) atoms. The zero-order chi connectivity index (χ0) is 22.2. The second-order valence-electron chi connectivity index (χ2n) is 5.98. The minimum atomic E-state index is -5.75. The molecule has 0 aliphatic rings. The van der Waals surface area contributed by atoms with E-state index in [1.807, 2.05) is 18.2 Å². The van der Waals surface area contributed by atoms with Crippen molar-refractivity contribution >= 4 is 12.2 Å². The van der Waals surface area contributed by atoms with Crippen LogP contribution in [0, 0.1) is 0 Å². The standard InChI is InChI=1S/C20H17F6NO3/c21-17(19(22,23)24)20(25,26)30-16-10-8-14(9-11-16)7-4-12-27-18(28)29-13-15-5-2-1-3-6-15/h1-11,17H,12-13H2,(H,27,28)/t17-/m1/s1. The number of benzene rings is 2. The maximum absolute atomic E-state index is 13.2. The lowest BCUT2D eigenvalue weighted by atomic mass is 10.2. The summed E-state index contributed by atoms with van der Waals surface area (Å²) in [6.45, 7) is 0.218. The van der Waals surface area contributed by atoms with Crippen molar-refractivity contribution in [3.63, 3.8) is 0 Å². The fourth-order valence-electron chi connectivity index (χ4n) is 2.16. The topological polar surface area (TPSA) is 47.6 Å². The van der Waals surface area contributed by atoms with E-state index in [9.17, 15) is 31.1 Å². The van der Waals surface area contributed by atoms with Gasteiger partial charge in [0.05, 0.1) is 0 Å². The molecule has 0 fully saturated rings. The third kappa shape index (κ3) is 7.34. The van der Waals surface area contributed by atoms with E-state index in [0.717, 1.165) is 17.7 Å². The number of halogens is 6. The van der Waals surface area contributed by atoms with Crippen LogP contribution in [-0.2, 0) is 11.3 Å². The molecular weight excluding hydrogens is 416 g/mol. The number of nitrogens with one attached hydrogen (secondary N) is 1. The molecule has 0 saturated carbocycles. The van der Waals surface area contributed by atoms with E-state index in [2.05, 4.69) is 10.1 Å². The quantitative estimate of drug-likeness (QED) is 0.560. The number of carbonyl (C=O) groups excluding carboxylic acids is 1. The van der Waals surface area contributed by atoms with Gasteiger partial charge >= 0.3 is 18.4 Å². The van der Waals surface area contributed by atoms with Gasteiger partial charge in [0.1, 0.15) is 12.4 Å². The first kappa shape index (κ1) is 23.1. The first-order chi connectivity index (χ1) is 14.1. The molecule has 4 nitrogen and oxygen atoms in total. The highest BCUT2D eigenvalue weighted by Gasteiger charge is 2.59. The summed E-state index contributed by atoms with van der Waals surface area (Å²) in [6, 6.07) is 13.5. The second kappa shape index (κ2) is 10.0. The number of amides is 1. The molecule has 0 radical (unpaired) electrons. The molecule has 1 N–H and O–H groups in total. The highest BCUT2D eigenvalue weighted by molar-refractivity contribution is 5.67. The second-order valence-corrected chi connectivity index (χ2v) is 5.98. The smallest absolute Gasteiger partial charge is 0.439 e. The molecule has 0 heterocycles. The lowest BCUT2D eigenvalue weighted by Crippen LogP contribution is -2.45. The van der Waals surface area contributed by atoms with Gasteiger partial charge in [-0.3, -0.25) is 0 Å². The molecule has 2 aromatic carbocycles. The number of ether oxygens (including phenoxy) is 2. The van der Waals surface area contributed by atoms with Crippen LogP contribution in [0.3, 0.4) is 0 Å². The molecule has 10 heteroatoms. The number of alkyl halides is 6. The maximum Gasteiger partial charge on any atom is 0.439 e. The van der Waals surface area contributed by atoms with Crippen molar-refractivity contribution < 1.29 is 40.6 Å². The van der Waals surface area contributed by atoms with Gasteiger partial charge in [0, 0.05) is 6.54 Å². The molecule has 1 atom stereocenters. The summed E-state index contributed by atoms with van der Waals surface area (Å²) in [5.41, 5.74) is 1.31. The average molecular weight is 433 g/mol. The lowest BCUT2D eigenvalue weighted by Gasteiger charge is -2.23. The molecule has 0 unspecified atom stereocenters. The summed E-state index contributed by atoms with van der Waals surface area (Å²) in [5, 5.41) is 2.47. The third-order valence-corrected chi connectivity index (χ3v) is 3.60. The van der Waals surface area contributed by atoms with Crippen LogP contribution < -0.4 is 10.1 Å². The maximum atomic E-state index is 13.2.